The van der Waals surface area contributed by atoms with Crippen LogP contribution in [0.25, 0.3) is 0 Å². The first-order chi connectivity index (χ1) is 20.1. The highest BCUT2D eigenvalue weighted by molar-refractivity contribution is 7.09. The van der Waals surface area contributed by atoms with Crippen LogP contribution in [0.3, 0.4) is 0 Å². The van der Waals surface area contributed by atoms with E-state index in [2.05, 4.69) is 46.0 Å². The zero-order valence-corrected chi connectivity index (χ0v) is 28.4. The zero-order chi connectivity index (χ0) is 31.8. The second-order valence-corrected chi connectivity index (χ2v) is 15.3. The number of nitrogens with zero attached hydrogens (tertiary/aromatic N) is 1. The quantitative estimate of drug-likeness (QED) is 0.193. The number of fused-ring (bicyclic) bond motifs is 1. The topological polar surface area (TPSA) is 87.7 Å². The summed E-state index contributed by atoms with van der Waals surface area (Å²) in [7, 11) is 0. The van der Waals surface area contributed by atoms with Gasteiger partial charge in [-0.15, -0.1) is 11.3 Å². The van der Waals surface area contributed by atoms with Gasteiger partial charge >= 0.3 is 5.97 Å². The zero-order valence-electron chi connectivity index (χ0n) is 27.6. The molecule has 3 rings (SSSR count). The molecule has 7 nitrogen and oxygen atoms in total. The van der Waals surface area contributed by atoms with Crippen LogP contribution < -0.4 is 15.4 Å². The highest BCUT2D eigenvalue weighted by Gasteiger charge is 2.39. The van der Waals surface area contributed by atoms with E-state index in [0.29, 0.717) is 18.2 Å². The van der Waals surface area contributed by atoms with Crippen molar-refractivity contribution in [3.8, 4) is 5.75 Å². The number of thiophene rings is 1. The number of hydrogen-bond acceptors (Lipinski definition) is 6. The highest BCUT2D eigenvalue weighted by atomic mass is 32.1. The van der Waals surface area contributed by atoms with Gasteiger partial charge in [-0.2, -0.15) is 0 Å². The van der Waals surface area contributed by atoms with Crippen LogP contribution in [0.4, 0.5) is 0 Å². The van der Waals surface area contributed by atoms with E-state index in [1.54, 1.807) is 0 Å². The maximum atomic E-state index is 13.0. The molecule has 0 aliphatic heterocycles. The summed E-state index contributed by atoms with van der Waals surface area (Å²) in [5, 5.41) is 8.05. The Morgan fingerprint density at radius 3 is 2.35 bits per heavy atom. The van der Waals surface area contributed by atoms with Crippen molar-refractivity contribution in [1.82, 2.24) is 15.5 Å². The molecule has 1 atom stereocenters. The molecular weight excluding hydrogens is 558 g/mol. The first-order valence-electron chi connectivity index (χ1n) is 15.8. The summed E-state index contributed by atoms with van der Waals surface area (Å²) in [4.78, 5) is 42.7. The molecule has 0 unspecified atom stereocenters. The van der Waals surface area contributed by atoms with Gasteiger partial charge in [0.1, 0.15) is 5.75 Å². The fraction of sp³-hybridized carbons (Fsp3) is 0.629. The predicted molar refractivity (Wildman–Crippen MR) is 175 cm³/mol. The molecule has 1 aromatic carbocycles. The molecule has 1 aliphatic carbocycles. The molecule has 2 amide bonds. The number of hydrogen-bond donors (Lipinski definition) is 2. The molecule has 0 fully saturated rings. The third kappa shape index (κ3) is 10.5. The Hall–Kier alpha value is -2.71. The Morgan fingerprint density at radius 1 is 0.977 bits per heavy atom. The van der Waals surface area contributed by atoms with Crippen molar-refractivity contribution < 1.29 is 19.1 Å². The molecule has 2 aromatic rings. The minimum absolute atomic E-state index is 0.0784. The fourth-order valence-corrected chi connectivity index (χ4v) is 6.80. The standard InChI is InChI=1S/C35H53N3O4S/c1-9-20-38(21-18-27-13-11-22-43-27)26-15-16-28-25(23-26)12-10-14-29(28)42-30(39)17-19-36-31(40)34(5,6)24-35(7,8)32(41)37-33(2,3)4/h10-14,22,26H,9,15-21,23-24H2,1-8H3,(H,36,40)(H,37,41)/t26-/m0/s1. The van der Waals surface area contributed by atoms with Crippen molar-refractivity contribution in [3.05, 3.63) is 51.7 Å². The number of esters is 1. The van der Waals surface area contributed by atoms with E-state index in [0.717, 1.165) is 50.8 Å². The molecule has 0 saturated heterocycles. The van der Waals surface area contributed by atoms with Crippen molar-refractivity contribution in [2.24, 2.45) is 10.8 Å². The lowest BCUT2D eigenvalue weighted by molar-refractivity contribution is -0.136. The predicted octanol–water partition coefficient (Wildman–Crippen LogP) is 6.33. The largest absolute Gasteiger partial charge is 0.426 e. The van der Waals surface area contributed by atoms with E-state index in [9.17, 15) is 14.4 Å². The molecule has 43 heavy (non-hydrogen) atoms. The molecule has 0 radical (unpaired) electrons. The number of carbonyl (C=O) groups is 3. The van der Waals surface area contributed by atoms with Crippen molar-refractivity contribution in [2.45, 2.75) is 112 Å². The Labute approximate surface area is 263 Å². The molecule has 0 spiro atoms. The van der Waals surface area contributed by atoms with E-state index in [1.807, 2.05) is 71.9 Å². The number of ether oxygens (including phenoxy) is 1. The van der Waals surface area contributed by atoms with Gasteiger partial charge in [0.2, 0.25) is 11.8 Å². The summed E-state index contributed by atoms with van der Waals surface area (Å²) in [6.45, 7) is 17.8. The second kappa shape index (κ2) is 14.8. The van der Waals surface area contributed by atoms with Crippen molar-refractivity contribution in [1.29, 1.82) is 0 Å². The summed E-state index contributed by atoms with van der Waals surface area (Å²) >= 11 is 1.83. The van der Waals surface area contributed by atoms with Crippen LogP contribution in [0.5, 0.6) is 5.75 Å². The van der Waals surface area contributed by atoms with E-state index < -0.39 is 10.8 Å². The van der Waals surface area contributed by atoms with E-state index >= 15 is 0 Å². The van der Waals surface area contributed by atoms with Gasteiger partial charge in [0, 0.05) is 40.4 Å². The van der Waals surface area contributed by atoms with Gasteiger partial charge in [-0.1, -0.05) is 52.8 Å². The average Bonchev–Trinajstić information content (AvgIpc) is 3.43. The lowest BCUT2D eigenvalue weighted by Gasteiger charge is -2.35. The van der Waals surface area contributed by atoms with Crippen LogP contribution in [-0.4, -0.2) is 53.9 Å². The second-order valence-electron chi connectivity index (χ2n) is 14.3. The van der Waals surface area contributed by atoms with Gasteiger partial charge in [0.15, 0.2) is 0 Å². The maximum Gasteiger partial charge on any atom is 0.312 e. The van der Waals surface area contributed by atoms with Gasteiger partial charge < -0.3 is 15.4 Å². The average molecular weight is 612 g/mol. The molecule has 8 heteroatoms. The number of rotatable bonds is 14. The fourth-order valence-electron chi connectivity index (χ4n) is 6.10. The lowest BCUT2D eigenvalue weighted by Crippen LogP contribution is -2.50. The lowest BCUT2D eigenvalue weighted by atomic mass is 9.73. The van der Waals surface area contributed by atoms with E-state index in [-0.39, 0.29) is 36.3 Å². The molecule has 0 saturated carbocycles. The highest BCUT2D eigenvalue weighted by Crippen LogP contribution is 2.35. The van der Waals surface area contributed by atoms with E-state index in [4.69, 9.17) is 4.74 Å². The van der Waals surface area contributed by atoms with Crippen LogP contribution in [0.15, 0.2) is 35.7 Å². The molecule has 1 aliphatic rings. The molecule has 238 valence electrons. The van der Waals surface area contributed by atoms with Crippen LogP contribution in [0, 0.1) is 10.8 Å². The monoisotopic (exact) mass is 611 g/mol. The number of carbonyl (C=O) groups excluding carboxylic acids is 3. The maximum absolute atomic E-state index is 13.0. The normalized spacial score (nSPS) is 15.6. The number of amides is 2. The van der Waals surface area contributed by atoms with Crippen LogP contribution >= 0.6 is 11.3 Å². The number of nitrogens with one attached hydrogen (secondary N) is 2. The van der Waals surface area contributed by atoms with Gasteiger partial charge in [-0.05, 0) is 94.5 Å². The van der Waals surface area contributed by atoms with Gasteiger partial charge in [0.25, 0.3) is 0 Å². The van der Waals surface area contributed by atoms with Crippen molar-refractivity contribution in [2.75, 3.05) is 19.6 Å². The van der Waals surface area contributed by atoms with Gasteiger partial charge in [0.05, 0.1) is 6.42 Å². The first kappa shape index (κ1) is 34.8. The first-order valence-corrected chi connectivity index (χ1v) is 16.7. The third-order valence-electron chi connectivity index (χ3n) is 8.11. The van der Waals surface area contributed by atoms with Gasteiger partial charge in [-0.25, -0.2) is 0 Å². The van der Waals surface area contributed by atoms with Crippen molar-refractivity contribution in [3.63, 3.8) is 0 Å². The molecule has 1 heterocycles. The smallest absolute Gasteiger partial charge is 0.312 e. The van der Waals surface area contributed by atoms with Crippen LogP contribution in [-0.2, 0) is 33.6 Å². The SMILES string of the molecule is CCCN(CCc1cccs1)[C@H]1CCc2c(cccc2OC(=O)CCNC(=O)C(C)(C)CC(C)(C)C(=O)NC(C)(C)C)C1. The summed E-state index contributed by atoms with van der Waals surface area (Å²) in [6, 6.07) is 10.8. The Morgan fingerprint density at radius 2 is 1.70 bits per heavy atom. The molecule has 2 N–H and O–H groups in total. The summed E-state index contributed by atoms with van der Waals surface area (Å²) < 4.78 is 5.82. The van der Waals surface area contributed by atoms with Crippen molar-refractivity contribution >= 4 is 29.1 Å². The summed E-state index contributed by atoms with van der Waals surface area (Å²) in [5.74, 6) is 0.0103. The molecule has 0 bridgehead atoms. The van der Waals surface area contributed by atoms with Gasteiger partial charge in [-0.3, -0.25) is 19.3 Å². The molecule has 1 aromatic heterocycles. The minimum atomic E-state index is -0.785. The van der Waals surface area contributed by atoms with E-state index in [1.165, 1.54) is 10.4 Å². The molecular formula is C35H53N3O4S. The van der Waals surface area contributed by atoms with Crippen LogP contribution in [0.2, 0.25) is 0 Å². The summed E-state index contributed by atoms with van der Waals surface area (Å²) in [5.41, 5.74) is 0.526. The third-order valence-corrected chi connectivity index (χ3v) is 9.04. The Balaban J connectivity index is 1.51. The Kier molecular flexibility index (Phi) is 12.0. The number of benzene rings is 1. The van der Waals surface area contributed by atoms with Crippen LogP contribution in [0.1, 0.15) is 97.1 Å². The Bertz CT molecular complexity index is 1230. The minimum Gasteiger partial charge on any atom is -0.426 e. The summed E-state index contributed by atoms with van der Waals surface area (Å²) in [6.07, 6.45) is 5.54.